The maximum absolute atomic E-state index is 6.52. The third-order valence-corrected chi connectivity index (χ3v) is 7.13. The predicted molar refractivity (Wildman–Crippen MR) is 144 cm³/mol. The highest BCUT2D eigenvalue weighted by atomic mass is 16.5. The van der Waals surface area contributed by atoms with Crippen molar-refractivity contribution in [1.82, 2.24) is 9.55 Å². The predicted octanol–water partition coefficient (Wildman–Crippen LogP) is 5.42. The van der Waals surface area contributed by atoms with Crippen LogP contribution in [0.25, 0.3) is 28.1 Å². The van der Waals surface area contributed by atoms with E-state index in [1.807, 2.05) is 54.6 Å². The van der Waals surface area contributed by atoms with Gasteiger partial charge in [-0.25, -0.2) is 4.98 Å². The minimum atomic E-state index is 0.0621. The van der Waals surface area contributed by atoms with Gasteiger partial charge in [-0.2, -0.15) is 0 Å². The Bertz CT molecular complexity index is 1740. The molecule has 0 unspecified atom stereocenters. The van der Waals surface area contributed by atoms with Gasteiger partial charge in [0.1, 0.15) is 28.8 Å². The second-order valence-corrected chi connectivity index (χ2v) is 9.19. The van der Waals surface area contributed by atoms with Crippen molar-refractivity contribution in [2.24, 2.45) is 0 Å². The molecule has 5 aromatic carbocycles. The van der Waals surface area contributed by atoms with Gasteiger partial charge in [-0.1, -0.05) is 78.9 Å². The van der Waals surface area contributed by atoms with Crippen molar-refractivity contribution in [2.45, 2.75) is 0 Å². The normalized spacial score (nSPS) is 12.8. The Kier molecular flexibility index (Phi) is 4.00. The number of fused-ring (bicyclic) bond motifs is 5. The fourth-order valence-corrected chi connectivity index (χ4v) is 5.58. The van der Waals surface area contributed by atoms with Gasteiger partial charge >= 0.3 is 0 Å². The van der Waals surface area contributed by atoms with Gasteiger partial charge in [0, 0.05) is 23.2 Å². The van der Waals surface area contributed by atoms with Crippen molar-refractivity contribution in [3.63, 3.8) is 0 Å². The van der Waals surface area contributed by atoms with Gasteiger partial charge in [0.2, 0.25) is 0 Å². The fourth-order valence-electron chi connectivity index (χ4n) is 5.58. The average Bonchev–Trinajstić information content (AvgIpc) is 3.33. The molecule has 0 fully saturated rings. The molecule has 0 aliphatic carbocycles. The lowest BCUT2D eigenvalue weighted by atomic mass is 9.35. The Labute approximate surface area is 208 Å². The minimum Gasteiger partial charge on any atom is -0.458 e. The molecular formula is C31H19BN2O2. The molecule has 0 amide bonds. The molecule has 2 aliphatic heterocycles. The summed E-state index contributed by atoms with van der Waals surface area (Å²) in [5, 5.41) is 0. The molecule has 0 saturated heterocycles. The number of aromatic nitrogens is 2. The summed E-state index contributed by atoms with van der Waals surface area (Å²) in [5.74, 6) is 4.28. The Morgan fingerprint density at radius 1 is 0.583 bits per heavy atom. The summed E-state index contributed by atoms with van der Waals surface area (Å²) >= 11 is 0. The van der Waals surface area contributed by atoms with Crippen LogP contribution in [0.5, 0.6) is 23.0 Å². The van der Waals surface area contributed by atoms with Crippen molar-refractivity contribution >= 4 is 34.1 Å². The van der Waals surface area contributed by atoms with E-state index in [0.717, 1.165) is 67.5 Å². The zero-order chi connectivity index (χ0) is 23.6. The highest BCUT2D eigenvalue weighted by molar-refractivity contribution is 6.98. The first kappa shape index (κ1) is 19.5. The molecule has 1 aromatic heterocycles. The molecule has 168 valence electrons. The number of benzene rings is 5. The Morgan fingerprint density at radius 3 is 1.86 bits per heavy atom. The van der Waals surface area contributed by atoms with Gasteiger partial charge in [-0.3, -0.25) is 4.57 Å². The molecule has 36 heavy (non-hydrogen) atoms. The second kappa shape index (κ2) is 7.36. The summed E-state index contributed by atoms with van der Waals surface area (Å²) in [4.78, 5) is 5.01. The van der Waals surface area contributed by atoms with Gasteiger partial charge in [0.05, 0.1) is 16.7 Å². The van der Waals surface area contributed by atoms with E-state index in [1.54, 1.807) is 0 Å². The zero-order valence-electron chi connectivity index (χ0n) is 19.3. The molecule has 5 heteroatoms. The molecule has 0 bridgehead atoms. The summed E-state index contributed by atoms with van der Waals surface area (Å²) in [6.45, 7) is 0.0621. The molecule has 0 spiro atoms. The largest absolute Gasteiger partial charge is 0.458 e. The van der Waals surface area contributed by atoms with Gasteiger partial charge in [0.15, 0.2) is 0 Å². The SMILES string of the molecule is c1ccc(-c2nc3ccccc3n2-c2cc3c4c(c2)Oc2ccccc2B4c2ccccc2O3)cc1. The quantitative estimate of drug-likeness (QED) is 0.322. The Hall–Kier alpha value is -4.77. The van der Waals surface area contributed by atoms with E-state index in [1.165, 1.54) is 0 Å². The van der Waals surface area contributed by atoms with E-state index in [9.17, 15) is 0 Å². The number of imidazole rings is 1. The van der Waals surface area contributed by atoms with Crippen LogP contribution in [0.4, 0.5) is 0 Å². The first-order valence-corrected chi connectivity index (χ1v) is 12.1. The lowest BCUT2D eigenvalue weighted by Crippen LogP contribution is -2.57. The number of nitrogens with zero attached hydrogens (tertiary/aromatic N) is 2. The molecule has 0 radical (unpaired) electrons. The van der Waals surface area contributed by atoms with Crippen molar-refractivity contribution in [1.29, 1.82) is 0 Å². The number of ether oxygens (including phenoxy) is 2. The molecule has 2 aliphatic rings. The molecule has 4 nitrogen and oxygen atoms in total. The summed E-state index contributed by atoms with van der Waals surface area (Å²) < 4.78 is 15.2. The van der Waals surface area contributed by atoms with E-state index in [-0.39, 0.29) is 6.71 Å². The van der Waals surface area contributed by atoms with E-state index >= 15 is 0 Å². The monoisotopic (exact) mass is 462 g/mol. The van der Waals surface area contributed by atoms with Crippen LogP contribution in [0.2, 0.25) is 0 Å². The molecule has 0 atom stereocenters. The molecule has 3 heterocycles. The van der Waals surface area contributed by atoms with Crippen LogP contribution in [0.3, 0.4) is 0 Å². The van der Waals surface area contributed by atoms with Gasteiger partial charge < -0.3 is 9.47 Å². The molecule has 0 N–H and O–H groups in total. The molecule has 6 aromatic rings. The lowest BCUT2D eigenvalue weighted by Gasteiger charge is -2.33. The van der Waals surface area contributed by atoms with Crippen molar-refractivity contribution < 1.29 is 9.47 Å². The van der Waals surface area contributed by atoms with Crippen LogP contribution >= 0.6 is 0 Å². The number of hydrogen-bond donors (Lipinski definition) is 0. The average molecular weight is 462 g/mol. The third kappa shape index (κ3) is 2.74. The van der Waals surface area contributed by atoms with Gasteiger partial charge in [0.25, 0.3) is 6.71 Å². The highest BCUT2D eigenvalue weighted by Crippen LogP contribution is 2.38. The summed E-state index contributed by atoms with van der Waals surface area (Å²) in [7, 11) is 0. The highest BCUT2D eigenvalue weighted by Gasteiger charge is 2.40. The third-order valence-electron chi connectivity index (χ3n) is 7.13. The van der Waals surface area contributed by atoms with E-state index < -0.39 is 0 Å². The van der Waals surface area contributed by atoms with Crippen LogP contribution < -0.4 is 25.9 Å². The molecule has 0 saturated carbocycles. The smallest absolute Gasteiger partial charge is 0.260 e. The van der Waals surface area contributed by atoms with E-state index in [2.05, 4.69) is 65.2 Å². The standard InChI is InChI=1S/C31H19BN2O2/c1-2-10-20(11-3-1)31-33-24-14-6-7-15-25(24)34(31)21-18-28-30-29(19-21)36-27-17-9-5-13-23(27)32(30)22-12-4-8-16-26(22)35-28/h1-19H. The molecular weight excluding hydrogens is 443 g/mol. The first-order valence-electron chi connectivity index (χ1n) is 12.1. The second-order valence-electron chi connectivity index (χ2n) is 9.19. The summed E-state index contributed by atoms with van der Waals surface area (Å²) in [6, 6.07) is 39.4. The first-order chi connectivity index (χ1) is 17.8. The van der Waals surface area contributed by atoms with Crippen LogP contribution in [0, 0.1) is 0 Å². The van der Waals surface area contributed by atoms with Crippen molar-refractivity contribution in [3.8, 4) is 40.1 Å². The Balaban J connectivity index is 1.42. The van der Waals surface area contributed by atoms with Crippen LogP contribution in [-0.4, -0.2) is 16.3 Å². The van der Waals surface area contributed by atoms with E-state index in [0.29, 0.717) is 0 Å². The summed E-state index contributed by atoms with van der Waals surface area (Å²) in [5.41, 5.74) is 7.37. The summed E-state index contributed by atoms with van der Waals surface area (Å²) in [6.07, 6.45) is 0. The van der Waals surface area contributed by atoms with Crippen LogP contribution in [-0.2, 0) is 0 Å². The van der Waals surface area contributed by atoms with Gasteiger partial charge in [-0.05, 0) is 35.2 Å². The zero-order valence-corrected chi connectivity index (χ0v) is 19.3. The van der Waals surface area contributed by atoms with Crippen LogP contribution in [0.15, 0.2) is 115 Å². The fraction of sp³-hybridized carbons (Fsp3) is 0. The molecule has 8 rings (SSSR count). The Morgan fingerprint density at radius 2 is 1.17 bits per heavy atom. The minimum absolute atomic E-state index is 0.0621. The number of rotatable bonds is 2. The van der Waals surface area contributed by atoms with Crippen LogP contribution in [0.1, 0.15) is 0 Å². The van der Waals surface area contributed by atoms with Crippen molar-refractivity contribution in [2.75, 3.05) is 0 Å². The topological polar surface area (TPSA) is 36.3 Å². The maximum Gasteiger partial charge on any atom is 0.260 e. The number of hydrogen-bond acceptors (Lipinski definition) is 3. The van der Waals surface area contributed by atoms with E-state index in [4.69, 9.17) is 14.5 Å². The maximum atomic E-state index is 6.52. The number of para-hydroxylation sites is 4. The van der Waals surface area contributed by atoms with Crippen molar-refractivity contribution in [3.05, 3.63) is 115 Å². The van der Waals surface area contributed by atoms with Gasteiger partial charge in [-0.15, -0.1) is 0 Å². The lowest BCUT2D eigenvalue weighted by molar-refractivity contribution is 0.464.